The van der Waals surface area contributed by atoms with Gasteiger partial charge in [-0.2, -0.15) is 0 Å². The van der Waals surface area contributed by atoms with E-state index in [1.807, 2.05) is 20.8 Å². The van der Waals surface area contributed by atoms with Crippen molar-refractivity contribution >= 4 is 17.4 Å². The Morgan fingerprint density at radius 1 is 0.865 bits per heavy atom. The highest BCUT2D eigenvalue weighted by Gasteiger charge is 2.44. The van der Waals surface area contributed by atoms with Gasteiger partial charge in [0.2, 0.25) is 5.78 Å². The number of ketones is 1. The van der Waals surface area contributed by atoms with E-state index in [4.69, 9.17) is 14.2 Å². The van der Waals surface area contributed by atoms with Crippen LogP contribution in [-0.4, -0.2) is 62.6 Å². The average Bonchev–Trinajstić information content (AvgIpc) is 3.16. The highest BCUT2D eigenvalue weighted by atomic mass is 16.5. The number of likely N-dealkylation sites (tertiary alicyclic amines) is 1. The first-order chi connectivity index (χ1) is 17.9. The van der Waals surface area contributed by atoms with Gasteiger partial charge >= 0.3 is 0 Å². The summed E-state index contributed by atoms with van der Waals surface area (Å²) in [6.07, 6.45) is 0. The number of rotatable bonds is 13. The Hall–Kier alpha value is -3.52. The van der Waals surface area contributed by atoms with E-state index < -0.39 is 23.5 Å². The van der Waals surface area contributed by atoms with Crippen molar-refractivity contribution in [1.29, 1.82) is 0 Å². The zero-order valence-electron chi connectivity index (χ0n) is 22.5. The third-order valence-corrected chi connectivity index (χ3v) is 6.55. The van der Waals surface area contributed by atoms with Crippen LogP contribution in [0.1, 0.15) is 51.8 Å². The Kier molecular flexibility index (Phi) is 9.97. The SMILES string of the molecule is CCOc1ccc(/C([O-])=C2\C(=O)C(=O)N(CC[NH+](CC)CC)C2c2ccc(OCC)c(OCC)c2)cc1. The van der Waals surface area contributed by atoms with Crippen molar-refractivity contribution in [3.05, 3.63) is 59.2 Å². The third-order valence-electron chi connectivity index (χ3n) is 6.55. The monoisotopic (exact) mass is 510 g/mol. The quantitative estimate of drug-likeness (QED) is 0.252. The molecule has 1 aliphatic rings. The van der Waals surface area contributed by atoms with Crippen LogP contribution >= 0.6 is 0 Å². The van der Waals surface area contributed by atoms with Gasteiger partial charge in [0.15, 0.2) is 11.5 Å². The number of amides is 1. The average molecular weight is 511 g/mol. The van der Waals surface area contributed by atoms with Crippen molar-refractivity contribution in [2.24, 2.45) is 0 Å². The summed E-state index contributed by atoms with van der Waals surface area (Å²) in [5.74, 6) is -0.164. The first-order valence-corrected chi connectivity index (χ1v) is 13.1. The predicted octanol–water partition coefficient (Wildman–Crippen LogP) is 2.03. The smallest absolute Gasteiger partial charge is 0.295 e. The van der Waals surface area contributed by atoms with Crippen LogP contribution in [0, 0.1) is 0 Å². The second-order valence-electron chi connectivity index (χ2n) is 8.71. The third kappa shape index (κ3) is 6.25. The van der Waals surface area contributed by atoms with Crippen molar-refractivity contribution in [3.63, 3.8) is 0 Å². The minimum atomic E-state index is -0.816. The molecule has 3 rings (SSSR count). The van der Waals surface area contributed by atoms with Gasteiger partial charge in [0.05, 0.1) is 52.0 Å². The predicted molar refractivity (Wildman–Crippen MR) is 140 cm³/mol. The molecule has 0 aliphatic carbocycles. The molecule has 1 atom stereocenters. The molecule has 0 saturated carbocycles. The van der Waals surface area contributed by atoms with E-state index in [9.17, 15) is 14.7 Å². The minimum absolute atomic E-state index is 0.0460. The molecule has 0 radical (unpaired) electrons. The molecule has 0 spiro atoms. The van der Waals surface area contributed by atoms with E-state index in [0.717, 1.165) is 13.1 Å². The summed E-state index contributed by atoms with van der Waals surface area (Å²) >= 11 is 0. The van der Waals surface area contributed by atoms with E-state index in [1.165, 1.54) is 9.80 Å². The van der Waals surface area contributed by atoms with Crippen LogP contribution in [0.3, 0.4) is 0 Å². The number of nitrogens with one attached hydrogen (secondary N) is 1. The molecule has 8 nitrogen and oxygen atoms in total. The lowest BCUT2D eigenvalue weighted by molar-refractivity contribution is -0.895. The molecule has 1 amide bonds. The number of ether oxygens (including phenoxy) is 3. The second kappa shape index (κ2) is 13.1. The fraction of sp³-hybridized carbons (Fsp3) is 0.448. The van der Waals surface area contributed by atoms with Gasteiger partial charge in [-0.25, -0.2) is 0 Å². The van der Waals surface area contributed by atoms with Crippen LogP contribution < -0.4 is 24.2 Å². The maximum atomic E-state index is 13.7. The fourth-order valence-electron chi connectivity index (χ4n) is 4.59. The molecule has 0 bridgehead atoms. The van der Waals surface area contributed by atoms with E-state index in [2.05, 4.69) is 13.8 Å². The van der Waals surface area contributed by atoms with Crippen LogP contribution in [-0.2, 0) is 9.59 Å². The maximum Gasteiger partial charge on any atom is 0.295 e. The lowest BCUT2D eigenvalue weighted by Crippen LogP contribution is -3.12. The molecule has 1 fully saturated rings. The molecule has 1 heterocycles. The summed E-state index contributed by atoms with van der Waals surface area (Å²) in [6, 6.07) is 11.2. The molecular weight excluding hydrogens is 472 g/mol. The standard InChI is InChI=1S/C29H38N2O6/c1-6-30(7-2)17-18-31-26(21-13-16-23(36-9-4)24(19-21)37-10-5)25(28(33)29(31)34)27(32)20-11-14-22(15-12-20)35-8-3/h11-16,19,26,32H,6-10,17-18H2,1-5H3/b27-25+. The summed E-state index contributed by atoms with van der Waals surface area (Å²) in [5, 5.41) is 13.7. The zero-order chi connectivity index (χ0) is 26.9. The van der Waals surface area contributed by atoms with Crippen molar-refractivity contribution < 1.29 is 33.8 Å². The Bertz CT molecular complexity index is 1110. The summed E-state index contributed by atoms with van der Waals surface area (Å²) in [4.78, 5) is 29.4. The number of quaternary nitrogens is 1. The van der Waals surface area contributed by atoms with Gasteiger partial charge in [-0.15, -0.1) is 0 Å². The summed E-state index contributed by atoms with van der Waals surface area (Å²) in [7, 11) is 0. The van der Waals surface area contributed by atoms with Crippen molar-refractivity contribution in [2.75, 3.05) is 46.0 Å². The molecule has 2 aromatic carbocycles. The normalized spacial score (nSPS) is 16.9. The van der Waals surface area contributed by atoms with E-state index >= 15 is 0 Å². The summed E-state index contributed by atoms with van der Waals surface area (Å²) in [6.45, 7) is 14.0. The highest BCUT2D eigenvalue weighted by molar-refractivity contribution is 6.46. The Morgan fingerprint density at radius 3 is 2.08 bits per heavy atom. The Labute approximate surface area is 219 Å². The van der Waals surface area contributed by atoms with Gasteiger partial charge in [-0.1, -0.05) is 24.0 Å². The lowest BCUT2D eigenvalue weighted by atomic mass is 9.95. The number of likely N-dealkylation sites (N-methyl/N-ethyl adjacent to an activating group) is 1. The molecule has 200 valence electrons. The molecular formula is C29H38N2O6. The van der Waals surface area contributed by atoms with E-state index in [0.29, 0.717) is 61.3 Å². The van der Waals surface area contributed by atoms with Crippen molar-refractivity contribution in [2.45, 2.75) is 40.7 Å². The molecule has 2 aromatic rings. The molecule has 37 heavy (non-hydrogen) atoms. The van der Waals surface area contributed by atoms with Crippen molar-refractivity contribution in [3.8, 4) is 17.2 Å². The zero-order valence-corrected chi connectivity index (χ0v) is 22.5. The second-order valence-corrected chi connectivity index (χ2v) is 8.71. The fourth-order valence-corrected chi connectivity index (χ4v) is 4.59. The number of Topliss-reactive ketones (excluding diaryl/α,β-unsaturated/α-hetero) is 1. The largest absolute Gasteiger partial charge is 0.872 e. The van der Waals surface area contributed by atoms with Crippen LogP contribution in [0.5, 0.6) is 17.2 Å². The van der Waals surface area contributed by atoms with E-state index in [1.54, 1.807) is 42.5 Å². The number of carbonyl (C=O) groups is 2. The van der Waals surface area contributed by atoms with Gasteiger partial charge in [0.1, 0.15) is 5.75 Å². The van der Waals surface area contributed by atoms with Crippen molar-refractivity contribution in [1.82, 2.24) is 4.90 Å². The number of hydrogen-bond donors (Lipinski definition) is 1. The molecule has 0 aromatic heterocycles. The minimum Gasteiger partial charge on any atom is -0.872 e. The number of nitrogens with zero attached hydrogens (tertiary/aromatic N) is 1. The Morgan fingerprint density at radius 2 is 1.49 bits per heavy atom. The first kappa shape index (κ1) is 28.1. The topological polar surface area (TPSA) is 92.6 Å². The van der Waals surface area contributed by atoms with Crippen LogP contribution in [0.15, 0.2) is 48.0 Å². The van der Waals surface area contributed by atoms with Gasteiger partial charge in [0, 0.05) is 5.57 Å². The molecule has 8 heteroatoms. The van der Waals surface area contributed by atoms with Crippen LogP contribution in [0.4, 0.5) is 0 Å². The molecule has 1 saturated heterocycles. The van der Waals surface area contributed by atoms with Gasteiger partial charge in [-0.05, 0) is 70.0 Å². The maximum absolute atomic E-state index is 13.7. The summed E-state index contributed by atoms with van der Waals surface area (Å²) in [5.41, 5.74) is 0.919. The highest BCUT2D eigenvalue weighted by Crippen LogP contribution is 2.41. The number of benzene rings is 2. The molecule has 1 unspecified atom stereocenters. The lowest BCUT2D eigenvalue weighted by Gasteiger charge is -2.29. The van der Waals surface area contributed by atoms with Gasteiger partial charge in [0.25, 0.3) is 5.91 Å². The van der Waals surface area contributed by atoms with Gasteiger partial charge < -0.3 is 29.1 Å². The molecule has 1 aliphatic heterocycles. The van der Waals surface area contributed by atoms with Crippen LogP contribution in [0.25, 0.3) is 5.76 Å². The Balaban J connectivity index is 2.13. The van der Waals surface area contributed by atoms with E-state index in [-0.39, 0.29) is 5.57 Å². The number of carbonyl (C=O) groups excluding carboxylic acids is 2. The van der Waals surface area contributed by atoms with Crippen LogP contribution in [0.2, 0.25) is 0 Å². The molecule has 1 N–H and O–H groups in total. The summed E-state index contributed by atoms with van der Waals surface area (Å²) < 4.78 is 17.0. The van der Waals surface area contributed by atoms with Gasteiger partial charge in [-0.3, -0.25) is 9.59 Å². The number of hydrogen-bond acceptors (Lipinski definition) is 6. The first-order valence-electron chi connectivity index (χ1n) is 13.1.